The molecule has 2 saturated heterocycles. The normalized spacial score (nSPS) is 24.3. The third-order valence-electron chi connectivity index (χ3n) is 10.2. The maximum atomic E-state index is 14.5. The highest BCUT2D eigenvalue weighted by molar-refractivity contribution is 6.38. The minimum Gasteiger partial charge on any atom is -0.373 e. The van der Waals surface area contributed by atoms with Crippen molar-refractivity contribution in [1.29, 1.82) is 0 Å². The van der Waals surface area contributed by atoms with E-state index in [0.29, 0.717) is 25.8 Å². The highest BCUT2D eigenvalue weighted by atomic mass is 16.5. The number of nitrogens with one attached hydrogen (secondary N) is 6. The lowest BCUT2D eigenvalue weighted by Crippen LogP contribution is -2.63. The third kappa shape index (κ3) is 8.60. The van der Waals surface area contributed by atoms with Crippen LogP contribution in [0.3, 0.4) is 0 Å². The predicted molar refractivity (Wildman–Crippen MR) is 177 cm³/mol. The van der Waals surface area contributed by atoms with E-state index in [1.807, 2.05) is 27.7 Å². The van der Waals surface area contributed by atoms with Crippen molar-refractivity contribution in [3.8, 4) is 0 Å². The number of Topliss-reactive ketones (excluding diaryl/α,β-unsaturated/α-hetero) is 1. The van der Waals surface area contributed by atoms with Gasteiger partial charge in [0.2, 0.25) is 29.3 Å². The van der Waals surface area contributed by atoms with Gasteiger partial charge < -0.3 is 36.0 Å². The molecule has 2 saturated carbocycles. The first-order valence-corrected chi connectivity index (χ1v) is 17.8. The molecule has 6 atom stereocenters. The second kappa shape index (κ2) is 15.3. The highest BCUT2D eigenvalue weighted by Gasteiger charge is 2.52. The number of carbonyl (C=O) groups excluding carboxylic acids is 6. The van der Waals surface area contributed by atoms with Crippen molar-refractivity contribution in [3.63, 3.8) is 0 Å². The van der Waals surface area contributed by atoms with Crippen molar-refractivity contribution in [3.05, 3.63) is 22.2 Å². The Kier molecular flexibility index (Phi) is 11.3. The van der Waals surface area contributed by atoms with E-state index in [0.717, 1.165) is 44.6 Å². The van der Waals surface area contributed by atoms with E-state index < -0.39 is 70.5 Å². The van der Waals surface area contributed by atoms with Crippen LogP contribution < -0.4 is 32.1 Å². The quantitative estimate of drug-likeness (QED) is 0.159. The molecule has 15 nitrogen and oxygen atoms in total. The summed E-state index contributed by atoms with van der Waals surface area (Å²) in [5.74, 6) is -4.13. The Bertz CT molecular complexity index is 1470. The molecule has 4 fully saturated rings. The maximum absolute atomic E-state index is 14.5. The SMILES string of the molecule is CCC[C@H](NC(=O)[C@@H]1[C@H]2NCC[C@H]2CN1C(=O)[C@@H](NC(=O)[C@@H](NC(=O)c1cc(=O)[nH]o1)C1CCCCC1)C(C)(C)C)C(=O)C(=O)NC1CC1. The van der Waals surface area contributed by atoms with Gasteiger partial charge in [-0.05, 0) is 62.3 Å². The molecule has 0 radical (unpaired) electrons. The van der Waals surface area contributed by atoms with E-state index in [4.69, 9.17) is 4.52 Å². The molecule has 4 aliphatic rings. The molecule has 1 aromatic heterocycles. The van der Waals surface area contributed by atoms with E-state index in [1.54, 1.807) is 0 Å². The van der Waals surface area contributed by atoms with Crippen LogP contribution in [-0.4, -0.2) is 94.7 Å². The lowest BCUT2D eigenvalue weighted by atomic mass is 9.82. The zero-order chi connectivity index (χ0) is 35.5. The fourth-order valence-corrected chi connectivity index (χ4v) is 7.42. The Labute approximate surface area is 285 Å². The van der Waals surface area contributed by atoms with Gasteiger partial charge in [0.25, 0.3) is 17.4 Å². The lowest BCUT2D eigenvalue weighted by molar-refractivity contribution is -0.145. The standard InChI is InChI=1S/C34H51N7O8/c1-5-9-21(27(43)32(47)36-20-12-13-20)37-31(46)26-24-19(14-15-35-24)17-41(26)33(48)28(34(2,3)4)39-30(45)25(18-10-7-6-8-11-18)38-29(44)22-16-23(42)40-49-22/h16,18-21,24-26,28,35H,5-15,17H2,1-4H3,(H,36,47)(H,37,46)(H,38,44)(H,39,45)(H,40,42)/t19-,21-,24-,25-,26-,28+/m0/s1. The average molecular weight is 686 g/mol. The number of likely N-dealkylation sites (tertiary alicyclic amines) is 1. The summed E-state index contributed by atoms with van der Waals surface area (Å²) >= 11 is 0. The summed E-state index contributed by atoms with van der Waals surface area (Å²) in [6.45, 7) is 8.26. The summed E-state index contributed by atoms with van der Waals surface area (Å²) in [6.07, 6.45) is 7.39. The molecule has 3 heterocycles. The Balaban J connectivity index is 1.36. The first-order chi connectivity index (χ1) is 23.3. The summed E-state index contributed by atoms with van der Waals surface area (Å²) in [4.78, 5) is 94.5. The molecular weight excluding hydrogens is 634 g/mol. The maximum Gasteiger partial charge on any atom is 0.290 e. The summed E-state index contributed by atoms with van der Waals surface area (Å²) in [5, 5.41) is 16.6. The topological polar surface area (TPSA) is 212 Å². The Morgan fingerprint density at radius 2 is 1.69 bits per heavy atom. The first-order valence-electron chi connectivity index (χ1n) is 17.8. The largest absolute Gasteiger partial charge is 0.373 e. The molecule has 5 rings (SSSR count). The number of fused-ring (bicyclic) bond motifs is 1. The second-order valence-electron chi connectivity index (χ2n) is 15.2. The first kappa shape index (κ1) is 36.3. The van der Waals surface area contributed by atoms with Gasteiger partial charge in [-0.1, -0.05) is 53.4 Å². The molecule has 2 aliphatic heterocycles. The molecule has 15 heteroatoms. The number of H-pyrrole nitrogens is 1. The van der Waals surface area contributed by atoms with Crippen molar-refractivity contribution >= 4 is 35.3 Å². The molecule has 5 amide bonds. The van der Waals surface area contributed by atoms with Gasteiger partial charge in [0.05, 0.1) is 12.1 Å². The minimum absolute atomic E-state index is 0.00858. The molecule has 2 aliphatic carbocycles. The van der Waals surface area contributed by atoms with Gasteiger partial charge in [-0.25, -0.2) is 0 Å². The van der Waals surface area contributed by atoms with Crippen LogP contribution in [0.5, 0.6) is 0 Å². The Morgan fingerprint density at radius 1 is 0.980 bits per heavy atom. The highest BCUT2D eigenvalue weighted by Crippen LogP contribution is 2.34. The summed E-state index contributed by atoms with van der Waals surface area (Å²) in [6, 6.07) is -3.42. The van der Waals surface area contributed by atoms with E-state index in [1.165, 1.54) is 4.90 Å². The Morgan fingerprint density at radius 3 is 2.31 bits per heavy atom. The number of aromatic nitrogens is 1. The van der Waals surface area contributed by atoms with Gasteiger partial charge in [-0.2, -0.15) is 5.16 Å². The fraction of sp³-hybridized carbons (Fsp3) is 0.735. The van der Waals surface area contributed by atoms with Crippen molar-refractivity contribution in [2.45, 2.75) is 128 Å². The van der Waals surface area contributed by atoms with Gasteiger partial charge >= 0.3 is 0 Å². The van der Waals surface area contributed by atoms with Crippen LogP contribution in [0.25, 0.3) is 0 Å². The molecule has 0 spiro atoms. The number of hydrogen-bond donors (Lipinski definition) is 6. The average Bonchev–Trinajstić information content (AvgIpc) is 3.40. The summed E-state index contributed by atoms with van der Waals surface area (Å²) in [5.41, 5.74) is -1.38. The summed E-state index contributed by atoms with van der Waals surface area (Å²) in [7, 11) is 0. The van der Waals surface area contributed by atoms with E-state index in [-0.39, 0.29) is 42.6 Å². The third-order valence-corrected chi connectivity index (χ3v) is 10.2. The van der Waals surface area contributed by atoms with Crippen molar-refractivity contribution in [2.24, 2.45) is 17.3 Å². The molecular formula is C34H51N7O8. The molecule has 270 valence electrons. The van der Waals surface area contributed by atoms with Crippen molar-refractivity contribution in [2.75, 3.05) is 13.1 Å². The number of aromatic amines is 1. The molecule has 49 heavy (non-hydrogen) atoms. The number of ketones is 1. The van der Waals surface area contributed by atoms with Gasteiger partial charge in [0.15, 0.2) is 0 Å². The second-order valence-corrected chi connectivity index (χ2v) is 15.2. The minimum atomic E-state index is -1.07. The van der Waals surface area contributed by atoms with Crippen LogP contribution in [-0.2, 0) is 24.0 Å². The molecule has 0 unspecified atom stereocenters. The van der Waals surface area contributed by atoms with E-state index in [2.05, 4.69) is 31.7 Å². The molecule has 6 N–H and O–H groups in total. The van der Waals surface area contributed by atoms with Crippen LogP contribution in [0, 0.1) is 17.3 Å². The van der Waals surface area contributed by atoms with Gasteiger partial charge in [-0.15, -0.1) is 0 Å². The Hall–Kier alpha value is -4.01. The summed E-state index contributed by atoms with van der Waals surface area (Å²) < 4.78 is 4.97. The van der Waals surface area contributed by atoms with Crippen LogP contribution >= 0.6 is 0 Å². The molecule has 0 aromatic carbocycles. The van der Waals surface area contributed by atoms with E-state index in [9.17, 15) is 33.6 Å². The molecule has 1 aromatic rings. The van der Waals surface area contributed by atoms with Crippen LogP contribution in [0.1, 0.15) is 102 Å². The van der Waals surface area contributed by atoms with Crippen LogP contribution in [0.2, 0.25) is 0 Å². The number of nitrogens with zero attached hydrogens (tertiary/aromatic N) is 1. The van der Waals surface area contributed by atoms with Crippen molar-refractivity contribution in [1.82, 2.24) is 36.6 Å². The van der Waals surface area contributed by atoms with Crippen LogP contribution in [0.15, 0.2) is 15.4 Å². The van der Waals surface area contributed by atoms with Gasteiger partial charge in [0.1, 0.15) is 18.1 Å². The number of carbonyl (C=O) groups is 6. The predicted octanol–water partition coefficient (Wildman–Crippen LogP) is 0.499. The van der Waals surface area contributed by atoms with Gasteiger partial charge in [-0.3, -0.25) is 33.6 Å². The van der Waals surface area contributed by atoms with Gasteiger partial charge in [0, 0.05) is 18.6 Å². The monoisotopic (exact) mass is 685 g/mol. The zero-order valence-electron chi connectivity index (χ0n) is 28.9. The van der Waals surface area contributed by atoms with E-state index >= 15 is 0 Å². The number of hydrogen-bond acceptors (Lipinski definition) is 9. The van der Waals surface area contributed by atoms with Crippen molar-refractivity contribution < 1.29 is 33.3 Å². The lowest BCUT2D eigenvalue weighted by Gasteiger charge is -2.38. The number of rotatable bonds is 13. The number of amides is 5. The van der Waals surface area contributed by atoms with Crippen LogP contribution in [0.4, 0.5) is 0 Å². The zero-order valence-corrected chi connectivity index (χ0v) is 28.9. The smallest absolute Gasteiger partial charge is 0.290 e. The molecule has 0 bridgehead atoms. The fourth-order valence-electron chi connectivity index (χ4n) is 7.42.